The number of aryl methyl sites for hydroxylation is 1. The first-order chi connectivity index (χ1) is 9.88. The molecule has 114 valence electrons. The molecule has 1 aromatic heterocycles. The van der Waals surface area contributed by atoms with Gasteiger partial charge < -0.3 is 0 Å². The lowest BCUT2D eigenvalue weighted by Gasteiger charge is -2.08. The van der Waals surface area contributed by atoms with Crippen LogP contribution >= 0.6 is 11.6 Å². The van der Waals surface area contributed by atoms with Crippen molar-refractivity contribution in [2.45, 2.75) is 17.9 Å². The highest BCUT2D eigenvalue weighted by atomic mass is 35.5. The van der Waals surface area contributed by atoms with Crippen molar-refractivity contribution in [3.05, 3.63) is 47.2 Å². The van der Waals surface area contributed by atoms with Crippen LogP contribution in [0.3, 0.4) is 0 Å². The first-order valence-corrected chi connectivity index (χ1v) is 7.87. The van der Waals surface area contributed by atoms with Gasteiger partial charge in [0.05, 0.1) is 11.2 Å². The molecule has 0 aliphatic rings. The molecule has 0 aliphatic carbocycles. The van der Waals surface area contributed by atoms with Crippen LogP contribution in [-0.2, 0) is 16.6 Å². The SMILES string of the molecule is O=S(=O)(NCCCn1cc(Cl)cn1)c1cc(F)ccc1F. The van der Waals surface area contributed by atoms with E-state index in [1.807, 2.05) is 0 Å². The maximum Gasteiger partial charge on any atom is 0.243 e. The first kappa shape index (κ1) is 15.9. The fourth-order valence-corrected chi connectivity index (χ4v) is 2.99. The Kier molecular flexibility index (Phi) is 4.92. The van der Waals surface area contributed by atoms with Gasteiger partial charge in [0.15, 0.2) is 0 Å². The molecule has 0 saturated carbocycles. The Morgan fingerprint density at radius 2 is 2.10 bits per heavy atom. The molecule has 0 saturated heterocycles. The second-order valence-electron chi connectivity index (χ2n) is 4.25. The summed E-state index contributed by atoms with van der Waals surface area (Å²) in [4.78, 5) is -0.704. The highest BCUT2D eigenvalue weighted by Crippen LogP contribution is 2.15. The summed E-state index contributed by atoms with van der Waals surface area (Å²) in [6.45, 7) is 0.511. The second-order valence-corrected chi connectivity index (χ2v) is 6.42. The van der Waals surface area contributed by atoms with Crippen molar-refractivity contribution in [3.8, 4) is 0 Å². The van der Waals surface area contributed by atoms with Crippen LogP contribution < -0.4 is 4.72 Å². The van der Waals surface area contributed by atoms with Gasteiger partial charge in [-0.15, -0.1) is 0 Å². The van der Waals surface area contributed by atoms with E-state index in [2.05, 4.69) is 9.82 Å². The van der Waals surface area contributed by atoms with E-state index < -0.39 is 26.6 Å². The highest BCUT2D eigenvalue weighted by molar-refractivity contribution is 7.89. The molecule has 0 aliphatic heterocycles. The number of sulfonamides is 1. The largest absolute Gasteiger partial charge is 0.271 e. The molecular weight excluding hydrogens is 324 g/mol. The summed E-state index contributed by atoms with van der Waals surface area (Å²) < 4.78 is 53.9. The van der Waals surface area contributed by atoms with Gasteiger partial charge in [0.25, 0.3) is 0 Å². The Balaban J connectivity index is 1.94. The minimum absolute atomic E-state index is 0.0652. The molecule has 1 aromatic carbocycles. The number of aromatic nitrogens is 2. The van der Waals surface area contributed by atoms with Crippen molar-refractivity contribution in [2.24, 2.45) is 0 Å². The Hall–Kier alpha value is -1.51. The number of hydrogen-bond acceptors (Lipinski definition) is 3. The Bertz CT molecular complexity index is 734. The maximum absolute atomic E-state index is 13.4. The van der Waals surface area contributed by atoms with Crippen molar-refractivity contribution in [1.82, 2.24) is 14.5 Å². The fraction of sp³-hybridized carbons (Fsp3) is 0.250. The Morgan fingerprint density at radius 1 is 1.33 bits per heavy atom. The van der Waals surface area contributed by atoms with Gasteiger partial charge in [-0.2, -0.15) is 5.10 Å². The predicted octanol–water partition coefficient (Wildman–Crippen LogP) is 2.18. The molecule has 0 radical (unpaired) electrons. The summed E-state index contributed by atoms with van der Waals surface area (Å²) in [6.07, 6.45) is 3.49. The minimum atomic E-state index is -4.08. The molecule has 0 fully saturated rings. The van der Waals surface area contributed by atoms with Crippen LogP contribution in [0.2, 0.25) is 5.02 Å². The smallest absolute Gasteiger partial charge is 0.243 e. The summed E-state index contributed by atoms with van der Waals surface area (Å²) in [5.74, 6) is -1.81. The van der Waals surface area contributed by atoms with Crippen molar-refractivity contribution < 1.29 is 17.2 Å². The first-order valence-electron chi connectivity index (χ1n) is 6.01. The van der Waals surface area contributed by atoms with Crippen LogP contribution in [0.25, 0.3) is 0 Å². The van der Waals surface area contributed by atoms with E-state index in [1.165, 1.54) is 6.20 Å². The van der Waals surface area contributed by atoms with Gasteiger partial charge in [0.2, 0.25) is 10.0 Å². The van der Waals surface area contributed by atoms with Crippen molar-refractivity contribution in [1.29, 1.82) is 0 Å². The summed E-state index contributed by atoms with van der Waals surface area (Å²) in [5, 5.41) is 4.42. The number of hydrogen-bond donors (Lipinski definition) is 1. The van der Waals surface area contributed by atoms with Crippen LogP contribution in [0.4, 0.5) is 8.78 Å². The average Bonchev–Trinajstić information content (AvgIpc) is 2.83. The minimum Gasteiger partial charge on any atom is -0.271 e. The molecule has 0 bridgehead atoms. The van der Waals surface area contributed by atoms with Crippen molar-refractivity contribution >= 4 is 21.6 Å². The molecule has 1 N–H and O–H groups in total. The summed E-state index contributed by atoms with van der Waals surface area (Å²) in [6, 6.07) is 2.27. The standard InChI is InChI=1S/C12H12ClF2N3O2S/c13-9-7-16-18(8-9)5-1-4-17-21(19,20)12-6-10(14)2-3-11(12)15/h2-3,6-8,17H,1,4-5H2. The van der Waals surface area contributed by atoms with Crippen molar-refractivity contribution in [3.63, 3.8) is 0 Å². The van der Waals surface area contributed by atoms with E-state index in [1.54, 1.807) is 10.9 Å². The van der Waals surface area contributed by atoms with E-state index in [4.69, 9.17) is 11.6 Å². The summed E-state index contributed by atoms with van der Waals surface area (Å²) in [5.41, 5.74) is 0. The summed E-state index contributed by atoms with van der Waals surface area (Å²) >= 11 is 5.69. The Labute approximate surface area is 125 Å². The third-order valence-corrected chi connectivity index (χ3v) is 4.31. The zero-order chi connectivity index (χ0) is 15.5. The maximum atomic E-state index is 13.4. The van der Waals surface area contributed by atoms with E-state index in [-0.39, 0.29) is 6.54 Å². The predicted molar refractivity (Wildman–Crippen MR) is 73.4 cm³/mol. The topological polar surface area (TPSA) is 64.0 Å². The quantitative estimate of drug-likeness (QED) is 0.823. The zero-order valence-corrected chi connectivity index (χ0v) is 12.3. The molecule has 21 heavy (non-hydrogen) atoms. The molecule has 2 rings (SSSR count). The molecule has 0 unspecified atom stereocenters. The van der Waals surface area contributed by atoms with Crippen LogP contribution in [0.5, 0.6) is 0 Å². The molecule has 2 aromatic rings. The highest BCUT2D eigenvalue weighted by Gasteiger charge is 2.19. The van der Waals surface area contributed by atoms with Crippen LogP contribution in [0.15, 0.2) is 35.5 Å². The zero-order valence-electron chi connectivity index (χ0n) is 10.8. The van der Waals surface area contributed by atoms with E-state index in [0.717, 1.165) is 12.1 Å². The number of nitrogens with one attached hydrogen (secondary N) is 1. The number of benzene rings is 1. The van der Waals surface area contributed by atoms with E-state index >= 15 is 0 Å². The van der Waals surface area contributed by atoms with E-state index in [9.17, 15) is 17.2 Å². The van der Waals surface area contributed by atoms with Gasteiger partial charge >= 0.3 is 0 Å². The molecular formula is C12H12ClF2N3O2S. The lowest BCUT2D eigenvalue weighted by molar-refractivity contribution is 0.535. The Morgan fingerprint density at radius 3 is 2.76 bits per heavy atom. The van der Waals surface area contributed by atoms with Gasteiger partial charge in [0.1, 0.15) is 16.5 Å². The lowest BCUT2D eigenvalue weighted by atomic mass is 10.3. The molecule has 0 spiro atoms. The van der Waals surface area contributed by atoms with Gasteiger partial charge in [-0.1, -0.05) is 11.6 Å². The van der Waals surface area contributed by atoms with Crippen LogP contribution in [0, 0.1) is 11.6 Å². The number of nitrogens with zero attached hydrogens (tertiary/aromatic N) is 2. The lowest BCUT2D eigenvalue weighted by Crippen LogP contribution is -2.26. The number of rotatable bonds is 6. The van der Waals surface area contributed by atoms with Gasteiger partial charge in [-0.05, 0) is 24.6 Å². The van der Waals surface area contributed by atoms with Gasteiger partial charge in [-0.25, -0.2) is 21.9 Å². The molecule has 1 heterocycles. The van der Waals surface area contributed by atoms with Crippen molar-refractivity contribution in [2.75, 3.05) is 6.54 Å². The van der Waals surface area contributed by atoms with Gasteiger partial charge in [0, 0.05) is 19.3 Å². The van der Waals surface area contributed by atoms with Gasteiger partial charge in [-0.3, -0.25) is 4.68 Å². The molecule has 5 nitrogen and oxygen atoms in total. The van der Waals surface area contributed by atoms with Crippen LogP contribution in [-0.4, -0.2) is 24.7 Å². The second kappa shape index (κ2) is 6.50. The van der Waals surface area contributed by atoms with Crippen LogP contribution in [0.1, 0.15) is 6.42 Å². The fourth-order valence-electron chi connectivity index (χ4n) is 1.67. The average molecular weight is 336 g/mol. The molecule has 9 heteroatoms. The molecule has 0 amide bonds. The third-order valence-electron chi connectivity index (χ3n) is 2.64. The molecule has 0 atom stereocenters. The normalized spacial score (nSPS) is 11.8. The van der Waals surface area contributed by atoms with E-state index in [0.29, 0.717) is 24.1 Å². The monoisotopic (exact) mass is 335 g/mol. The number of halogens is 3. The third kappa shape index (κ3) is 4.23. The summed E-state index contributed by atoms with van der Waals surface area (Å²) in [7, 11) is -4.08.